The molecule has 0 radical (unpaired) electrons. The SMILES string of the molecule is Nc1ccc2nc(NC(=O)c3cc(I)ccc3O)sc2c1. The van der Waals surface area contributed by atoms with Crippen LogP contribution in [0, 0.1) is 3.57 Å². The maximum Gasteiger partial charge on any atom is 0.261 e. The van der Waals surface area contributed by atoms with Crippen LogP contribution in [0.5, 0.6) is 5.75 Å². The summed E-state index contributed by atoms with van der Waals surface area (Å²) in [7, 11) is 0. The molecule has 2 aromatic carbocycles. The van der Waals surface area contributed by atoms with E-state index in [9.17, 15) is 9.90 Å². The number of rotatable bonds is 2. The van der Waals surface area contributed by atoms with Crippen LogP contribution in [-0.4, -0.2) is 16.0 Å². The molecule has 1 amide bonds. The second-order valence-corrected chi connectivity index (χ2v) is 6.64. The topological polar surface area (TPSA) is 88.2 Å². The molecule has 0 spiro atoms. The van der Waals surface area contributed by atoms with Crippen molar-refractivity contribution in [2.45, 2.75) is 0 Å². The smallest absolute Gasteiger partial charge is 0.261 e. The summed E-state index contributed by atoms with van der Waals surface area (Å²) in [4.78, 5) is 16.5. The van der Waals surface area contributed by atoms with Crippen LogP contribution in [0.1, 0.15) is 10.4 Å². The molecular weight excluding hydrogens is 401 g/mol. The van der Waals surface area contributed by atoms with E-state index in [0.717, 1.165) is 13.8 Å². The Bertz CT molecular complexity index is 847. The standard InChI is InChI=1S/C14H10IN3O2S/c15-7-1-4-11(19)9(5-7)13(20)18-14-17-10-3-2-8(16)6-12(10)21-14/h1-6,19H,16H2,(H,17,18,20). The quantitative estimate of drug-likeness (QED) is 0.445. The normalized spacial score (nSPS) is 10.7. The van der Waals surface area contributed by atoms with Gasteiger partial charge in [0.25, 0.3) is 5.91 Å². The zero-order chi connectivity index (χ0) is 15.0. The second kappa shape index (κ2) is 5.49. The van der Waals surface area contributed by atoms with Gasteiger partial charge in [0, 0.05) is 9.26 Å². The number of nitrogens with two attached hydrogens (primary N) is 1. The van der Waals surface area contributed by atoms with Crippen molar-refractivity contribution in [1.82, 2.24) is 4.98 Å². The number of nitrogens with one attached hydrogen (secondary N) is 1. The van der Waals surface area contributed by atoms with E-state index in [0.29, 0.717) is 10.8 Å². The number of nitrogens with zero attached hydrogens (tertiary/aromatic N) is 1. The third-order valence-corrected chi connectivity index (χ3v) is 4.44. The number of fused-ring (bicyclic) bond motifs is 1. The van der Waals surface area contributed by atoms with Crippen LogP contribution in [0.3, 0.4) is 0 Å². The summed E-state index contributed by atoms with van der Waals surface area (Å²) >= 11 is 3.42. The van der Waals surface area contributed by atoms with Crippen molar-refractivity contribution >= 4 is 60.9 Å². The van der Waals surface area contributed by atoms with E-state index in [1.54, 1.807) is 24.3 Å². The number of thiazole rings is 1. The highest BCUT2D eigenvalue weighted by Crippen LogP contribution is 2.28. The van der Waals surface area contributed by atoms with Crippen LogP contribution >= 0.6 is 33.9 Å². The molecule has 7 heteroatoms. The third kappa shape index (κ3) is 2.93. The Hall–Kier alpha value is -1.87. The van der Waals surface area contributed by atoms with Gasteiger partial charge in [-0.2, -0.15) is 0 Å². The van der Waals surface area contributed by atoms with Gasteiger partial charge in [-0.25, -0.2) is 4.98 Å². The van der Waals surface area contributed by atoms with E-state index in [1.165, 1.54) is 17.4 Å². The molecule has 0 atom stereocenters. The highest BCUT2D eigenvalue weighted by molar-refractivity contribution is 14.1. The molecule has 0 saturated heterocycles. The van der Waals surface area contributed by atoms with Crippen LogP contribution in [-0.2, 0) is 0 Å². The lowest BCUT2D eigenvalue weighted by Crippen LogP contribution is -2.12. The van der Waals surface area contributed by atoms with Gasteiger partial charge in [0.1, 0.15) is 5.75 Å². The average Bonchev–Trinajstić information content (AvgIpc) is 2.82. The number of carbonyl (C=O) groups is 1. The minimum atomic E-state index is -0.391. The van der Waals surface area contributed by atoms with Crippen molar-refractivity contribution in [3.8, 4) is 5.75 Å². The fraction of sp³-hybridized carbons (Fsp3) is 0. The lowest BCUT2D eigenvalue weighted by atomic mass is 10.2. The average molecular weight is 411 g/mol. The Labute approximate surface area is 138 Å². The Kier molecular flexibility index (Phi) is 3.68. The van der Waals surface area contributed by atoms with Crippen LogP contribution in [0.15, 0.2) is 36.4 Å². The van der Waals surface area contributed by atoms with E-state index >= 15 is 0 Å². The summed E-state index contributed by atoms with van der Waals surface area (Å²) < 4.78 is 1.77. The molecule has 3 aromatic rings. The number of anilines is 2. The zero-order valence-corrected chi connectivity index (χ0v) is 13.6. The van der Waals surface area contributed by atoms with Gasteiger partial charge in [0.05, 0.1) is 15.8 Å². The van der Waals surface area contributed by atoms with E-state index in [4.69, 9.17) is 5.73 Å². The van der Waals surface area contributed by atoms with Gasteiger partial charge in [-0.3, -0.25) is 10.1 Å². The largest absolute Gasteiger partial charge is 0.507 e. The fourth-order valence-electron chi connectivity index (χ4n) is 1.85. The highest BCUT2D eigenvalue weighted by Gasteiger charge is 2.14. The predicted octanol–water partition coefficient (Wildman–Crippen LogP) is 3.44. The molecule has 3 rings (SSSR count). The van der Waals surface area contributed by atoms with E-state index in [1.807, 2.05) is 6.07 Å². The summed E-state index contributed by atoms with van der Waals surface area (Å²) in [6, 6.07) is 10.2. The summed E-state index contributed by atoms with van der Waals surface area (Å²) in [6.45, 7) is 0. The van der Waals surface area contributed by atoms with Gasteiger partial charge in [-0.1, -0.05) is 11.3 Å². The summed E-state index contributed by atoms with van der Waals surface area (Å²) in [5.74, 6) is -0.448. The molecule has 1 heterocycles. The van der Waals surface area contributed by atoms with Crippen LogP contribution in [0.2, 0.25) is 0 Å². The number of aromatic nitrogens is 1. The first-order chi connectivity index (χ1) is 10.0. The molecule has 106 valence electrons. The molecule has 0 aliphatic heterocycles. The maximum absolute atomic E-state index is 12.2. The van der Waals surface area contributed by atoms with Gasteiger partial charge in [0.2, 0.25) is 0 Å². The third-order valence-electron chi connectivity index (χ3n) is 2.84. The van der Waals surface area contributed by atoms with E-state index < -0.39 is 5.91 Å². The minimum absolute atomic E-state index is 0.0572. The number of hydrogen-bond acceptors (Lipinski definition) is 5. The number of hydrogen-bond donors (Lipinski definition) is 3. The predicted molar refractivity (Wildman–Crippen MR) is 92.8 cm³/mol. The fourth-order valence-corrected chi connectivity index (χ4v) is 3.25. The first kappa shape index (κ1) is 14.1. The number of halogens is 1. The molecule has 0 aliphatic rings. The molecule has 5 nitrogen and oxygen atoms in total. The van der Waals surface area contributed by atoms with Crippen LogP contribution in [0.25, 0.3) is 10.2 Å². The Morgan fingerprint density at radius 2 is 2.10 bits per heavy atom. The van der Waals surface area contributed by atoms with Crippen LogP contribution in [0.4, 0.5) is 10.8 Å². The molecule has 0 unspecified atom stereocenters. The molecule has 0 saturated carbocycles. The number of phenols is 1. The van der Waals surface area contributed by atoms with Crippen molar-refractivity contribution in [3.05, 3.63) is 45.5 Å². The number of benzene rings is 2. The summed E-state index contributed by atoms with van der Waals surface area (Å²) in [5, 5.41) is 12.9. The van der Waals surface area contributed by atoms with Gasteiger partial charge >= 0.3 is 0 Å². The lowest BCUT2D eigenvalue weighted by molar-refractivity contribution is 0.102. The molecule has 0 bridgehead atoms. The number of nitrogen functional groups attached to an aromatic ring is 1. The van der Waals surface area contributed by atoms with Crippen molar-refractivity contribution in [1.29, 1.82) is 0 Å². The number of amides is 1. The van der Waals surface area contributed by atoms with Gasteiger partial charge in [-0.15, -0.1) is 0 Å². The lowest BCUT2D eigenvalue weighted by Gasteiger charge is -2.04. The summed E-state index contributed by atoms with van der Waals surface area (Å²) in [6.07, 6.45) is 0. The van der Waals surface area contributed by atoms with Crippen LogP contribution < -0.4 is 11.1 Å². The first-order valence-electron chi connectivity index (χ1n) is 5.99. The maximum atomic E-state index is 12.2. The molecule has 0 aliphatic carbocycles. The first-order valence-corrected chi connectivity index (χ1v) is 7.88. The monoisotopic (exact) mass is 411 g/mol. The molecule has 21 heavy (non-hydrogen) atoms. The molecular formula is C14H10IN3O2S. The number of aromatic hydroxyl groups is 1. The molecule has 4 N–H and O–H groups in total. The zero-order valence-electron chi connectivity index (χ0n) is 10.6. The molecule has 0 fully saturated rings. The number of phenolic OH excluding ortho intramolecular Hbond substituents is 1. The molecule has 1 aromatic heterocycles. The van der Waals surface area contributed by atoms with Gasteiger partial charge in [0.15, 0.2) is 5.13 Å². The Morgan fingerprint density at radius 1 is 1.29 bits per heavy atom. The Morgan fingerprint density at radius 3 is 2.90 bits per heavy atom. The van der Waals surface area contributed by atoms with E-state index in [2.05, 4.69) is 32.9 Å². The van der Waals surface area contributed by atoms with E-state index in [-0.39, 0.29) is 11.3 Å². The van der Waals surface area contributed by atoms with Crippen molar-refractivity contribution in [3.63, 3.8) is 0 Å². The minimum Gasteiger partial charge on any atom is -0.507 e. The van der Waals surface area contributed by atoms with Gasteiger partial charge < -0.3 is 10.8 Å². The summed E-state index contributed by atoms with van der Waals surface area (Å²) in [5.41, 5.74) is 7.37. The Balaban J connectivity index is 1.90. The van der Waals surface area contributed by atoms with Crippen molar-refractivity contribution in [2.24, 2.45) is 0 Å². The van der Waals surface area contributed by atoms with Gasteiger partial charge in [-0.05, 0) is 59.0 Å². The second-order valence-electron chi connectivity index (χ2n) is 4.36. The van der Waals surface area contributed by atoms with Crippen molar-refractivity contribution < 1.29 is 9.90 Å². The number of carbonyl (C=O) groups excluding carboxylic acids is 1. The highest BCUT2D eigenvalue weighted by atomic mass is 127. The van der Waals surface area contributed by atoms with Crippen molar-refractivity contribution in [2.75, 3.05) is 11.1 Å².